The van der Waals surface area contributed by atoms with E-state index in [1.807, 2.05) is 13.8 Å². The number of hydrogen-bond donors (Lipinski definition) is 0. The zero-order valence-corrected chi connectivity index (χ0v) is 9.06. The van der Waals surface area contributed by atoms with Crippen LogP contribution in [-0.2, 0) is 19.3 Å². The first kappa shape index (κ1) is 10.8. The van der Waals surface area contributed by atoms with E-state index in [2.05, 4.69) is 0 Å². The summed E-state index contributed by atoms with van der Waals surface area (Å²) in [5, 5.41) is 0. The van der Waals surface area contributed by atoms with Crippen LogP contribution in [0.1, 0.15) is 33.1 Å². The highest BCUT2D eigenvalue weighted by molar-refractivity contribution is 5.91. The Kier molecular flexibility index (Phi) is 2.91. The van der Waals surface area contributed by atoms with Crippen molar-refractivity contribution in [2.75, 3.05) is 0 Å². The fourth-order valence-electron chi connectivity index (χ4n) is 1.80. The molecule has 2 rings (SSSR count). The van der Waals surface area contributed by atoms with Gasteiger partial charge in [-0.1, -0.05) is 13.3 Å². The van der Waals surface area contributed by atoms with E-state index in [1.165, 1.54) is 6.08 Å². The number of fused-ring (bicyclic) bond motifs is 1. The Morgan fingerprint density at radius 3 is 3.13 bits per heavy atom. The van der Waals surface area contributed by atoms with Crippen LogP contribution >= 0.6 is 0 Å². The maximum absolute atomic E-state index is 11.3. The highest BCUT2D eigenvalue weighted by atomic mass is 17.2. The highest BCUT2D eigenvalue weighted by Gasteiger charge is 2.44. The summed E-state index contributed by atoms with van der Waals surface area (Å²) in [5.74, 6) is 0.0817. The number of ketones is 1. The summed E-state index contributed by atoms with van der Waals surface area (Å²) in [6, 6.07) is 0. The van der Waals surface area contributed by atoms with Crippen LogP contribution in [0.4, 0.5) is 0 Å². The van der Waals surface area contributed by atoms with Crippen molar-refractivity contribution in [3.05, 3.63) is 12.2 Å². The lowest BCUT2D eigenvalue weighted by atomic mass is 9.88. The predicted octanol–water partition coefficient (Wildman–Crippen LogP) is 1.75. The number of allylic oxidation sites excluding steroid dienone is 1. The molecule has 0 radical (unpaired) electrons. The molecule has 0 aromatic carbocycles. The van der Waals surface area contributed by atoms with E-state index in [-0.39, 0.29) is 18.2 Å². The normalized spacial score (nSPS) is 40.3. The largest absolute Gasteiger partial charge is 0.342 e. The molecule has 1 saturated heterocycles. The van der Waals surface area contributed by atoms with Gasteiger partial charge in [0.1, 0.15) is 11.7 Å². The van der Waals surface area contributed by atoms with Crippen LogP contribution in [0.3, 0.4) is 0 Å². The van der Waals surface area contributed by atoms with Gasteiger partial charge in [0, 0.05) is 12.8 Å². The van der Waals surface area contributed by atoms with Crippen molar-refractivity contribution < 1.29 is 19.3 Å². The predicted molar refractivity (Wildman–Crippen MR) is 52.9 cm³/mol. The molecule has 1 fully saturated rings. The molecule has 0 bridgehead atoms. The van der Waals surface area contributed by atoms with Crippen LogP contribution < -0.4 is 0 Å². The van der Waals surface area contributed by atoms with Crippen LogP contribution in [0.2, 0.25) is 0 Å². The van der Waals surface area contributed by atoms with Gasteiger partial charge in [0.15, 0.2) is 12.1 Å². The van der Waals surface area contributed by atoms with E-state index in [0.717, 1.165) is 12.8 Å². The third-order valence-corrected chi connectivity index (χ3v) is 2.80. The van der Waals surface area contributed by atoms with Crippen LogP contribution in [-0.4, -0.2) is 23.8 Å². The topological polar surface area (TPSA) is 44.8 Å². The van der Waals surface area contributed by atoms with Crippen LogP contribution in [0.15, 0.2) is 12.2 Å². The first-order valence-corrected chi connectivity index (χ1v) is 5.36. The molecule has 0 unspecified atom stereocenters. The van der Waals surface area contributed by atoms with Gasteiger partial charge in [0.2, 0.25) is 0 Å². The van der Waals surface area contributed by atoms with Crippen molar-refractivity contribution in [2.24, 2.45) is 0 Å². The Morgan fingerprint density at radius 2 is 2.40 bits per heavy atom. The van der Waals surface area contributed by atoms with Crippen molar-refractivity contribution in [1.82, 2.24) is 0 Å². The molecule has 4 heteroatoms. The number of carbonyl (C=O) groups is 1. The Morgan fingerprint density at radius 1 is 1.60 bits per heavy atom. The summed E-state index contributed by atoms with van der Waals surface area (Å²) in [6.07, 6.45) is 4.80. The van der Waals surface area contributed by atoms with E-state index >= 15 is 0 Å². The average Bonchev–Trinajstić information content (AvgIpc) is 2.21. The molecule has 1 heterocycles. The minimum atomic E-state index is -0.613. The monoisotopic (exact) mass is 212 g/mol. The molecule has 0 aromatic heterocycles. The molecule has 15 heavy (non-hydrogen) atoms. The lowest BCUT2D eigenvalue weighted by Gasteiger charge is -2.42. The second kappa shape index (κ2) is 4.04. The van der Waals surface area contributed by atoms with E-state index in [0.29, 0.717) is 6.42 Å². The van der Waals surface area contributed by atoms with Crippen LogP contribution in [0, 0.1) is 0 Å². The smallest absolute Gasteiger partial charge is 0.191 e. The molecule has 0 spiro atoms. The van der Waals surface area contributed by atoms with Crippen molar-refractivity contribution in [1.29, 1.82) is 0 Å². The zero-order valence-electron chi connectivity index (χ0n) is 9.06. The molecule has 0 saturated carbocycles. The maximum Gasteiger partial charge on any atom is 0.191 e. The Balaban J connectivity index is 2.07. The van der Waals surface area contributed by atoms with E-state index in [9.17, 15) is 4.79 Å². The standard InChI is InChI=1S/C11H16O4/c1-3-4-10-13-9-7-8(12)5-6-11(9,2)15-14-10/h5-6,9-10H,3-4,7H2,1-2H3/t9-,10-,11+/m0/s1. The van der Waals surface area contributed by atoms with Gasteiger partial charge in [-0.3, -0.25) is 4.79 Å². The first-order valence-electron chi connectivity index (χ1n) is 5.36. The molecule has 2 aliphatic rings. The minimum absolute atomic E-state index is 0.0817. The van der Waals surface area contributed by atoms with Gasteiger partial charge in [-0.25, -0.2) is 9.78 Å². The average molecular weight is 212 g/mol. The van der Waals surface area contributed by atoms with Crippen molar-refractivity contribution in [3.8, 4) is 0 Å². The second-order valence-corrected chi connectivity index (χ2v) is 4.21. The van der Waals surface area contributed by atoms with E-state index in [1.54, 1.807) is 6.08 Å². The van der Waals surface area contributed by atoms with Crippen molar-refractivity contribution >= 4 is 5.78 Å². The Labute approximate surface area is 89.1 Å². The second-order valence-electron chi connectivity index (χ2n) is 4.21. The van der Waals surface area contributed by atoms with Gasteiger partial charge in [-0.05, 0) is 19.1 Å². The van der Waals surface area contributed by atoms with Crippen molar-refractivity contribution in [2.45, 2.75) is 51.1 Å². The van der Waals surface area contributed by atoms with Gasteiger partial charge >= 0.3 is 0 Å². The SMILES string of the molecule is CCC[C@@H]1OO[C@]2(C)C=CC(=O)C[C@@H]2O1. The summed E-state index contributed by atoms with van der Waals surface area (Å²) >= 11 is 0. The fourth-order valence-corrected chi connectivity index (χ4v) is 1.80. The van der Waals surface area contributed by atoms with Crippen LogP contribution in [0.5, 0.6) is 0 Å². The number of hydrogen-bond acceptors (Lipinski definition) is 4. The van der Waals surface area contributed by atoms with Crippen molar-refractivity contribution in [3.63, 3.8) is 0 Å². The van der Waals surface area contributed by atoms with Gasteiger partial charge in [0.05, 0.1) is 0 Å². The number of ether oxygens (including phenoxy) is 1. The molecule has 0 aromatic rings. The Bertz CT molecular complexity index is 286. The quantitative estimate of drug-likeness (QED) is 0.654. The summed E-state index contributed by atoms with van der Waals surface area (Å²) < 4.78 is 5.68. The third-order valence-electron chi connectivity index (χ3n) is 2.80. The van der Waals surface area contributed by atoms with E-state index in [4.69, 9.17) is 14.5 Å². The number of carbonyl (C=O) groups excluding carboxylic acids is 1. The molecule has 84 valence electrons. The lowest BCUT2D eigenvalue weighted by molar-refractivity contribution is -0.476. The summed E-state index contributed by atoms with van der Waals surface area (Å²) in [7, 11) is 0. The maximum atomic E-state index is 11.3. The van der Waals surface area contributed by atoms with Gasteiger partial charge in [-0.15, -0.1) is 0 Å². The van der Waals surface area contributed by atoms with E-state index < -0.39 is 5.60 Å². The molecule has 0 amide bonds. The fraction of sp³-hybridized carbons (Fsp3) is 0.727. The molecular formula is C11H16O4. The minimum Gasteiger partial charge on any atom is -0.342 e. The third kappa shape index (κ3) is 2.12. The first-order chi connectivity index (χ1) is 7.14. The molecule has 1 aliphatic carbocycles. The summed E-state index contributed by atoms with van der Waals surface area (Å²) in [4.78, 5) is 21.7. The van der Waals surface area contributed by atoms with Crippen LogP contribution in [0.25, 0.3) is 0 Å². The summed E-state index contributed by atoms with van der Waals surface area (Å²) in [6.45, 7) is 3.91. The summed E-state index contributed by atoms with van der Waals surface area (Å²) in [5.41, 5.74) is -0.613. The lowest BCUT2D eigenvalue weighted by Crippen LogP contribution is -2.52. The molecule has 3 atom stereocenters. The molecular weight excluding hydrogens is 196 g/mol. The van der Waals surface area contributed by atoms with Gasteiger partial charge in [-0.2, -0.15) is 0 Å². The molecule has 1 aliphatic heterocycles. The highest BCUT2D eigenvalue weighted by Crippen LogP contribution is 2.33. The van der Waals surface area contributed by atoms with Gasteiger partial charge < -0.3 is 4.74 Å². The zero-order chi connectivity index (χ0) is 10.9. The number of rotatable bonds is 2. The molecule has 0 N–H and O–H groups in total. The Hall–Kier alpha value is -0.710. The van der Waals surface area contributed by atoms with Gasteiger partial charge in [0.25, 0.3) is 0 Å². The molecule has 4 nitrogen and oxygen atoms in total.